The molecule has 166 valence electrons. The molecule has 4 nitrogen and oxygen atoms in total. The van der Waals surface area contributed by atoms with E-state index in [0.29, 0.717) is 18.5 Å². The molecule has 0 amide bonds. The van der Waals surface area contributed by atoms with E-state index in [4.69, 9.17) is 0 Å². The minimum absolute atomic E-state index is 0. The van der Waals surface area contributed by atoms with Crippen LogP contribution in [0.25, 0.3) is 0 Å². The molecule has 1 fully saturated rings. The summed E-state index contributed by atoms with van der Waals surface area (Å²) >= 11 is 0. The van der Waals surface area contributed by atoms with E-state index in [1.807, 2.05) is 0 Å². The lowest BCUT2D eigenvalue weighted by molar-refractivity contribution is -0.137. The van der Waals surface area contributed by atoms with Crippen LogP contribution in [0.2, 0.25) is 0 Å². The van der Waals surface area contributed by atoms with Gasteiger partial charge >= 0.3 is 6.18 Å². The molecule has 2 aromatic carbocycles. The van der Waals surface area contributed by atoms with Crippen molar-refractivity contribution in [2.24, 2.45) is 0 Å². The minimum atomic E-state index is -4.56. The number of nitrogens with one attached hydrogen (secondary N) is 1. The third-order valence-corrected chi connectivity index (χ3v) is 6.57. The number of rotatable bonds is 6. The van der Waals surface area contributed by atoms with Crippen molar-refractivity contribution in [3.05, 3.63) is 71.0 Å². The first-order chi connectivity index (χ1) is 13.6. The molecule has 0 spiro atoms. The van der Waals surface area contributed by atoms with Gasteiger partial charge in [0.2, 0.25) is 0 Å². The molecule has 0 aromatic heterocycles. The second kappa shape index (κ2) is 9.64. The van der Waals surface area contributed by atoms with E-state index in [2.05, 4.69) is 5.32 Å². The average molecular weight is 468 g/mol. The molecule has 1 heterocycles. The maximum atomic E-state index is 13.4. The highest BCUT2D eigenvalue weighted by atomic mass is 35.5. The highest BCUT2D eigenvalue weighted by Gasteiger charge is 2.37. The highest BCUT2D eigenvalue weighted by Crippen LogP contribution is 2.36. The van der Waals surface area contributed by atoms with Crippen LogP contribution >= 0.6 is 12.4 Å². The van der Waals surface area contributed by atoms with E-state index in [9.17, 15) is 30.5 Å². The van der Waals surface area contributed by atoms with Crippen molar-refractivity contribution in [3.8, 4) is 0 Å². The number of alkyl halides is 3. The monoisotopic (exact) mass is 467 g/mol. The molecule has 1 aliphatic rings. The maximum Gasteiger partial charge on any atom is 0.416 e. The molecule has 0 bridgehead atoms. The van der Waals surface area contributed by atoms with Gasteiger partial charge in [-0.05, 0) is 55.1 Å². The minimum Gasteiger partial charge on any atom is -0.313 e. The van der Waals surface area contributed by atoms with Crippen molar-refractivity contribution in [2.75, 3.05) is 6.54 Å². The van der Waals surface area contributed by atoms with Crippen LogP contribution in [0.5, 0.6) is 0 Å². The van der Waals surface area contributed by atoms with Crippen molar-refractivity contribution in [2.45, 2.75) is 42.6 Å². The normalized spacial score (nSPS) is 19.2. The fourth-order valence-corrected chi connectivity index (χ4v) is 4.93. The van der Waals surface area contributed by atoms with Crippen LogP contribution in [0.1, 0.15) is 41.9 Å². The van der Waals surface area contributed by atoms with Crippen molar-refractivity contribution in [3.63, 3.8) is 0 Å². The number of hydrogen-bond donors (Lipinski definition) is 2. The Kier molecular flexibility index (Phi) is 7.90. The summed E-state index contributed by atoms with van der Waals surface area (Å²) < 4.78 is 86.9. The molecule has 1 aliphatic heterocycles. The van der Waals surface area contributed by atoms with Crippen LogP contribution in [-0.2, 0) is 16.3 Å². The van der Waals surface area contributed by atoms with Gasteiger partial charge in [-0.1, -0.05) is 30.3 Å². The summed E-state index contributed by atoms with van der Waals surface area (Å²) in [5, 5.41) is 1.84. The lowest BCUT2D eigenvalue weighted by atomic mass is 9.85. The smallest absolute Gasteiger partial charge is 0.313 e. The van der Waals surface area contributed by atoms with Gasteiger partial charge in [0, 0.05) is 12.0 Å². The predicted octanol–water partition coefficient (Wildman–Crippen LogP) is 4.80. The standard InChI is InChI=1S/C20H21F4NO3S.ClH/c21-16-8-6-13(7-9-16)17(14-3-1-4-15(11-14)20(22,23)24)12-19(29(26,27)28)18-5-2-10-25-18;/h1,3-4,6-9,11,17-19,25H,2,5,10,12H2,(H,26,27,28);1H/t17-,18+,19+;/m0./s1. The third-order valence-electron chi connectivity index (χ3n) is 5.29. The molecule has 1 saturated heterocycles. The zero-order valence-corrected chi connectivity index (χ0v) is 17.4. The Morgan fingerprint density at radius 2 is 1.77 bits per heavy atom. The molecule has 30 heavy (non-hydrogen) atoms. The van der Waals surface area contributed by atoms with E-state index in [-0.39, 0.29) is 24.4 Å². The topological polar surface area (TPSA) is 66.4 Å². The van der Waals surface area contributed by atoms with E-state index in [1.54, 1.807) is 0 Å². The Labute approximate surface area is 178 Å². The van der Waals surface area contributed by atoms with Crippen molar-refractivity contribution >= 4 is 22.5 Å². The molecule has 3 atom stereocenters. The summed E-state index contributed by atoms with van der Waals surface area (Å²) in [6, 6.07) is 9.32. The molecule has 0 aliphatic carbocycles. The van der Waals surface area contributed by atoms with Gasteiger partial charge in [-0.15, -0.1) is 12.4 Å². The van der Waals surface area contributed by atoms with Crippen LogP contribution in [0, 0.1) is 5.82 Å². The van der Waals surface area contributed by atoms with Crippen LogP contribution in [0.15, 0.2) is 48.5 Å². The van der Waals surface area contributed by atoms with Gasteiger partial charge in [0.1, 0.15) is 11.1 Å². The third kappa shape index (κ3) is 5.94. The molecule has 3 rings (SSSR count). The van der Waals surface area contributed by atoms with Crippen molar-refractivity contribution in [1.29, 1.82) is 0 Å². The van der Waals surface area contributed by atoms with Crippen molar-refractivity contribution in [1.82, 2.24) is 5.32 Å². The van der Waals surface area contributed by atoms with Gasteiger partial charge in [-0.25, -0.2) is 4.39 Å². The Morgan fingerprint density at radius 3 is 2.30 bits per heavy atom. The summed E-state index contributed by atoms with van der Waals surface area (Å²) in [5.74, 6) is -1.28. The van der Waals surface area contributed by atoms with E-state index < -0.39 is 44.9 Å². The predicted molar refractivity (Wildman–Crippen MR) is 108 cm³/mol. The first kappa shape index (κ1) is 24.6. The number of hydrogen-bond acceptors (Lipinski definition) is 3. The number of benzene rings is 2. The molecular formula is C20H22ClF4NO3S. The zero-order valence-electron chi connectivity index (χ0n) is 15.8. The summed E-state index contributed by atoms with van der Waals surface area (Å²) in [6.07, 6.45) is -3.42. The average Bonchev–Trinajstić information content (AvgIpc) is 3.16. The Hall–Kier alpha value is -1.68. The van der Waals surface area contributed by atoms with Crippen LogP contribution < -0.4 is 5.32 Å². The molecule has 10 heteroatoms. The van der Waals surface area contributed by atoms with Gasteiger partial charge in [0.05, 0.1) is 5.56 Å². The quantitative estimate of drug-likeness (QED) is 0.473. The first-order valence-corrected chi connectivity index (χ1v) is 10.7. The van der Waals surface area contributed by atoms with Gasteiger partial charge in [0.15, 0.2) is 0 Å². The molecule has 2 N–H and O–H groups in total. The highest BCUT2D eigenvalue weighted by molar-refractivity contribution is 7.86. The summed E-state index contributed by atoms with van der Waals surface area (Å²) in [4.78, 5) is 0. The summed E-state index contributed by atoms with van der Waals surface area (Å²) in [6.45, 7) is 0.599. The molecule has 0 radical (unpaired) electrons. The largest absolute Gasteiger partial charge is 0.416 e. The zero-order chi connectivity index (χ0) is 21.2. The van der Waals surface area contributed by atoms with Gasteiger partial charge in [-0.3, -0.25) is 4.55 Å². The first-order valence-electron chi connectivity index (χ1n) is 9.18. The Balaban J connectivity index is 0.00000320. The maximum absolute atomic E-state index is 13.4. The SMILES string of the molecule is Cl.O=S(=O)(O)[C@H](C[C@@H](c1ccc(F)cc1)c1cccc(C(F)(F)F)c1)[C@H]1CCCN1. The summed E-state index contributed by atoms with van der Waals surface area (Å²) in [5.41, 5.74) is -0.139. The Morgan fingerprint density at radius 1 is 1.10 bits per heavy atom. The number of halogens is 5. The fourth-order valence-electron chi connectivity index (χ4n) is 3.85. The summed E-state index contributed by atoms with van der Waals surface area (Å²) in [7, 11) is -4.46. The van der Waals surface area contributed by atoms with Gasteiger partial charge in [-0.2, -0.15) is 21.6 Å². The van der Waals surface area contributed by atoms with Crippen molar-refractivity contribution < 1.29 is 30.5 Å². The van der Waals surface area contributed by atoms with Gasteiger partial charge < -0.3 is 5.32 Å². The second-order valence-corrected chi connectivity index (χ2v) is 8.85. The van der Waals surface area contributed by atoms with Crippen LogP contribution in [-0.4, -0.2) is 30.8 Å². The van der Waals surface area contributed by atoms with Gasteiger partial charge in [0.25, 0.3) is 10.1 Å². The molecule has 2 aromatic rings. The van der Waals surface area contributed by atoms with Crippen LogP contribution in [0.3, 0.4) is 0 Å². The molecule has 0 saturated carbocycles. The van der Waals surface area contributed by atoms with E-state index in [0.717, 1.165) is 18.6 Å². The lowest BCUT2D eigenvalue weighted by Gasteiger charge is -2.27. The second-order valence-electron chi connectivity index (χ2n) is 7.22. The lowest BCUT2D eigenvalue weighted by Crippen LogP contribution is -2.41. The van der Waals surface area contributed by atoms with E-state index >= 15 is 0 Å². The van der Waals surface area contributed by atoms with E-state index in [1.165, 1.54) is 36.4 Å². The van der Waals surface area contributed by atoms with Crippen LogP contribution in [0.4, 0.5) is 17.6 Å². The molecular weight excluding hydrogens is 446 g/mol. The fraction of sp³-hybridized carbons (Fsp3) is 0.400. The molecule has 0 unspecified atom stereocenters. The Bertz CT molecular complexity index is 945.